The molecule has 0 aliphatic heterocycles. The molecule has 0 saturated heterocycles. The average molecular weight is 274 g/mol. The van der Waals surface area contributed by atoms with Crippen molar-refractivity contribution in [2.75, 3.05) is 19.6 Å². The number of benzene rings is 1. The maximum Gasteiger partial charge on any atom is 0.0475 e. The van der Waals surface area contributed by atoms with E-state index >= 15 is 0 Å². The third-order valence-corrected chi connectivity index (χ3v) is 4.51. The van der Waals surface area contributed by atoms with Crippen molar-refractivity contribution in [3.63, 3.8) is 0 Å². The Kier molecular flexibility index (Phi) is 5.62. The topological polar surface area (TPSA) is 15.3 Å². The van der Waals surface area contributed by atoms with Gasteiger partial charge in [0.05, 0.1) is 0 Å². The highest BCUT2D eigenvalue weighted by molar-refractivity contribution is 5.25. The average Bonchev–Trinajstić information content (AvgIpc) is 3.27. The molecule has 0 amide bonds. The Morgan fingerprint density at radius 2 is 1.85 bits per heavy atom. The van der Waals surface area contributed by atoms with E-state index in [1.165, 1.54) is 30.5 Å². The van der Waals surface area contributed by atoms with Crippen molar-refractivity contribution >= 4 is 0 Å². The van der Waals surface area contributed by atoms with Gasteiger partial charge in [0, 0.05) is 18.6 Å². The summed E-state index contributed by atoms with van der Waals surface area (Å²) in [5.74, 6) is 0.956. The predicted molar refractivity (Wildman–Crippen MR) is 87.0 cm³/mol. The summed E-state index contributed by atoms with van der Waals surface area (Å²) in [6, 6.07) is 9.99. The van der Waals surface area contributed by atoms with Crippen LogP contribution in [0.15, 0.2) is 24.3 Å². The molecule has 2 heteroatoms. The van der Waals surface area contributed by atoms with Gasteiger partial charge in [0.1, 0.15) is 0 Å². The second-order valence-electron chi connectivity index (χ2n) is 6.22. The van der Waals surface area contributed by atoms with Crippen molar-refractivity contribution in [1.29, 1.82) is 0 Å². The first kappa shape index (κ1) is 15.5. The van der Waals surface area contributed by atoms with Crippen LogP contribution in [0.25, 0.3) is 0 Å². The summed E-state index contributed by atoms with van der Waals surface area (Å²) in [7, 11) is 0. The lowest BCUT2D eigenvalue weighted by Crippen LogP contribution is -2.43. The molecular formula is C18H30N2. The minimum Gasteiger partial charge on any atom is -0.309 e. The highest BCUT2D eigenvalue weighted by Crippen LogP contribution is 2.32. The third kappa shape index (κ3) is 4.07. The van der Waals surface area contributed by atoms with Crippen molar-refractivity contribution in [2.45, 2.75) is 52.6 Å². The monoisotopic (exact) mass is 274 g/mol. The van der Waals surface area contributed by atoms with E-state index in [2.05, 4.69) is 62.2 Å². The highest BCUT2D eigenvalue weighted by Gasteiger charge is 2.29. The van der Waals surface area contributed by atoms with E-state index in [0.717, 1.165) is 19.0 Å². The Labute approximate surface area is 124 Å². The second kappa shape index (κ2) is 7.24. The van der Waals surface area contributed by atoms with Crippen molar-refractivity contribution in [3.05, 3.63) is 35.4 Å². The van der Waals surface area contributed by atoms with E-state index in [4.69, 9.17) is 0 Å². The third-order valence-electron chi connectivity index (χ3n) is 4.51. The van der Waals surface area contributed by atoms with Crippen LogP contribution in [-0.2, 0) is 0 Å². The van der Waals surface area contributed by atoms with E-state index in [1.807, 2.05) is 0 Å². The van der Waals surface area contributed by atoms with Crippen LogP contribution in [0.2, 0.25) is 0 Å². The molecule has 1 saturated carbocycles. The standard InChI is InChI=1S/C18H30N2/c1-5-19-18(17-11-7-14(3)8-12-17)15(4)20(6-2)13-16-9-10-16/h7-8,11-12,15-16,18-19H,5-6,9-10,13H2,1-4H3. The minimum atomic E-state index is 0.430. The van der Waals surface area contributed by atoms with E-state index in [1.54, 1.807) is 0 Å². The summed E-state index contributed by atoms with van der Waals surface area (Å²) in [4.78, 5) is 2.64. The van der Waals surface area contributed by atoms with Gasteiger partial charge in [-0.1, -0.05) is 43.7 Å². The van der Waals surface area contributed by atoms with Gasteiger partial charge in [-0.05, 0) is 51.3 Å². The summed E-state index contributed by atoms with van der Waals surface area (Å²) in [5, 5.41) is 3.68. The molecule has 1 fully saturated rings. The number of nitrogens with one attached hydrogen (secondary N) is 1. The normalized spacial score (nSPS) is 18.2. The quantitative estimate of drug-likeness (QED) is 0.776. The maximum absolute atomic E-state index is 3.68. The van der Waals surface area contributed by atoms with Crippen molar-refractivity contribution in [1.82, 2.24) is 10.2 Å². The minimum absolute atomic E-state index is 0.430. The Morgan fingerprint density at radius 1 is 1.20 bits per heavy atom. The van der Waals surface area contributed by atoms with Gasteiger partial charge in [0.25, 0.3) is 0 Å². The van der Waals surface area contributed by atoms with Gasteiger partial charge in [-0.3, -0.25) is 4.90 Å². The van der Waals surface area contributed by atoms with Crippen LogP contribution in [0.3, 0.4) is 0 Å². The van der Waals surface area contributed by atoms with Gasteiger partial charge in [-0.2, -0.15) is 0 Å². The highest BCUT2D eigenvalue weighted by atomic mass is 15.2. The maximum atomic E-state index is 3.68. The second-order valence-corrected chi connectivity index (χ2v) is 6.22. The van der Waals surface area contributed by atoms with Gasteiger partial charge < -0.3 is 5.32 Å². The van der Waals surface area contributed by atoms with Crippen LogP contribution >= 0.6 is 0 Å². The van der Waals surface area contributed by atoms with E-state index in [0.29, 0.717) is 12.1 Å². The van der Waals surface area contributed by atoms with Crippen LogP contribution in [0.4, 0.5) is 0 Å². The molecule has 1 aliphatic carbocycles. The largest absolute Gasteiger partial charge is 0.309 e. The lowest BCUT2D eigenvalue weighted by atomic mass is 9.97. The summed E-state index contributed by atoms with van der Waals surface area (Å²) in [5.41, 5.74) is 2.75. The SMILES string of the molecule is CCNC(c1ccc(C)cc1)C(C)N(CC)CC1CC1. The van der Waals surface area contributed by atoms with Crippen LogP contribution in [-0.4, -0.2) is 30.6 Å². The Hall–Kier alpha value is -0.860. The van der Waals surface area contributed by atoms with Gasteiger partial charge >= 0.3 is 0 Å². The molecule has 1 N–H and O–H groups in total. The summed E-state index contributed by atoms with van der Waals surface area (Å²) in [6.45, 7) is 12.4. The fraction of sp³-hybridized carbons (Fsp3) is 0.667. The predicted octanol–water partition coefficient (Wildman–Crippen LogP) is 3.77. The molecule has 2 unspecified atom stereocenters. The fourth-order valence-electron chi connectivity index (χ4n) is 2.99. The fourth-order valence-corrected chi connectivity index (χ4v) is 2.99. The molecule has 112 valence electrons. The molecule has 1 aromatic rings. The lowest BCUT2D eigenvalue weighted by molar-refractivity contribution is 0.171. The van der Waals surface area contributed by atoms with E-state index in [9.17, 15) is 0 Å². The molecule has 0 bridgehead atoms. The number of nitrogens with zero attached hydrogens (tertiary/aromatic N) is 1. The molecule has 20 heavy (non-hydrogen) atoms. The van der Waals surface area contributed by atoms with Crippen molar-refractivity contribution < 1.29 is 0 Å². The van der Waals surface area contributed by atoms with Gasteiger partial charge in [0.2, 0.25) is 0 Å². The van der Waals surface area contributed by atoms with E-state index in [-0.39, 0.29) is 0 Å². The Balaban J connectivity index is 2.10. The van der Waals surface area contributed by atoms with Crippen LogP contribution < -0.4 is 5.32 Å². The summed E-state index contributed by atoms with van der Waals surface area (Å²) < 4.78 is 0. The molecule has 0 radical (unpaired) electrons. The van der Waals surface area contributed by atoms with Crippen LogP contribution in [0, 0.1) is 12.8 Å². The number of hydrogen-bond acceptors (Lipinski definition) is 2. The zero-order chi connectivity index (χ0) is 14.5. The smallest absolute Gasteiger partial charge is 0.0475 e. The molecule has 0 heterocycles. The number of rotatable bonds is 8. The Bertz CT molecular complexity index is 394. The lowest BCUT2D eigenvalue weighted by Gasteiger charge is -2.35. The molecular weight excluding hydrogens is 244 g/mol. The molecule has 0 spiro atoms. The number of likely N-dealkylation sites (N-methyl/N-ethyl adjacent to an activating group) is 2. The van der Waals surface area contributed by atoms with Crippen LogP contribution in [0.1, 0.15) is 50.8 Å². The molecule has 2 nitrogen and oxygen atoms in total. The molecule has 1 aromatic carbocycles. The van der Waals surface area contributed by atoms with Crippen molar-refractivity contribution in [3.8, 4) is 0 Å². The molecule has 1 aliphatic rings. The zero-order valence-corrected chi connectivity index (χ0v) is 13.5. The van der Waals surface area contributed by atoms with Gasteiger partial charge in [0.15, 0.2) is 0 Å². The van der Waals surface area contributed by atoms with E-state index < -0.39 is 0 Å². The first-order valence-electron chi connectivity index (χ1n) is 8.19. The Morgan fingerprint density at radius 3 is 2.35 bits per heavy atom. The van der Waals surface area contributed by atoms with Crippen molar-refractivity contribution in [2.24, 2.45) is 5.92 Å². The molecule has 2 rings (SSSR count). The summed E-state index contributed by atoms with van der Waals surface area (Å²) in [6.07, 6.45) is 2.86. The van der Waals surface area contributed by atoms with Gasteiger partial charge in [-0.15, -0.1) is 0 Å². The molecule has 0 aromatic heterocycles. The number of hydrogen-bond donors (Lipinski definition) is 1. The first-order valence-corrected chi connectivity index (χ1v) is 8.19. The van der Waals surface area contributed by atoms with Gasteiger partial charge in [-0.25, -0.2) is 0 Å². The van der Waals surface area contributed by atoms with Crippen LogP contribution in [0.5, 0.6) is 0 Å². The molecule has 2 atom stereocenters. The zero-order valence-electron chi connectivity index (χ0n) is 13.5. The summed E-state index contributed by atoms with van der Waals surface area (Å²) >= 11 is 0. The first-order chi connectivity index (χ1) is 9.65. The number of aryl methyl sites for hydroxylation is 1.